The van der Waals surface area contributed by atoms with E-state index in [2.05, 4.69) is 25.3 Å². The first-order valence-electron chi connectivity index (χ1n) is 2.71. The van der Waals surface area contributed by atoms with E-state index in [1.165, 1.54) is 0 Å². The van der Waals surface area contributed by atoms with Gasteiger partial charge in [-0.15, -0.1) is 0 Å². The third kappa shape index (κ3) is 4.81. The fourth-order valence-corrected chi connectivity index (χ4v) is 0.743. The van der Waals surface area contributed by atoms with Crippen molar-refractivity contribution in [3.63, 3.8) is 0 Å². The highest BCUT2D eigenvalue weighted by Crippen LogP contribution is 1.99. The molecule has 2 N–H and O–H groups in total. The van der Waals surface area contributed by atoms with Gasteiger partial charge in [-0.1, -0.05) is 0 Å². The molecule has 0 unspecified atom stereocenters. The number of rotatable bonds is 4. The molecule has 0 saturated heterocycles. The normalized spacial score (nSPS) is 13.2. The van der Waals surface area contributed by atoms with E-state index in [0.29, 0.717) is 13.0 Å². The van der Waals surface area contributed by atoms with Crippen molar-refractivity contribution in [3.05, 3.63) is 0 Å². The SMILES string of the molecule is NC[C@@H](S)CC(=O)CS. The van der Waals surface area contributed by atoms with Crippen molar-refractivity contribution in [2.24, 2.45) is 5.73 Å². The molecule has 0 aliphatic carbocycles. The van der Waals surface area contributed by atoms with E-state index in [4.69, 9.17) is 5.73 Å². The lowest BCUT2D eigenvalue weighted by Crippen LogP contribution is -2.18. The lowest BCUT2D eigenvalue weighted by atomic mass is 10.2. The van der Waals surface area contributed by atoms with Gasteiger partial charge in [0, 0.05) is 24.0 Å². The quantitative estimate of drug-likeness (QED) is 0.519. The maximum atomic E-state index is 10.6. The van der Waals surface area contributed by atoms with E-state index in [9.17, 15) is 4.79 Å². The molecule has 1 atom stereocenters. The maximum Gasteiger partial charge on any atom is 0.143 e. The first kappa shape index (κ1) is 9.33. The van der Waals surface area contributed by atoms with Crippen LogP contribution < -0.4 is 5.73 Å². The van der Waals surface area contributed by atoms with Crippen LogP contribution in [0, 0.1) is 0 Å². The van der Waals surface area contributed by atoms with Gasteiger partial charge in [-0.2, -0.15) is 25.3 Å². The number of hydrogen-bond acceptors (Lipinski definition) is 4. The second kappa shape index (κ2) is 5.14. The summed E-state index contributed by atoms with van der Waals surface area (Å²) in [6, 6.07) is 0. The molecule has 0 bridgehead atoms. The molecule has 2 nitrogen and oxygen atoms in total. The van der Waals surface area contributed by atoms with E-state index < -0.39 is 0 Å². The molecule has 0 heterocycles. The Hall–Kier alpha value is 0.330. The molecule has 0 fully saturated rings. The van der Waals surface area contributed by atoms with Crippen molar-refractivity contribution in [2.75, 3.05) is 12.3 Å². The first-order chi connectivity index (χ1) is 4.20. The summed E-state index contributed by atoms with van der Waals surface area (Å²) in [5.41, 5.74) is 5.22. The second-order valence-electron chi connectivity index (χ2n) is 1.79. The molecule has 0 saturated carbocycles. The fraction of sp³-hybridized carbons (Fsp3) is 0.800. The number of hydrogen-bond donors (Lipinski definition) is 3. The Morgan fingerprint density at radius 3 is 2.56 bits per heavy atom. The average Bonchev–Trinajstić information content (AvgIpc) is 1.87. The van der Waals surface area contributed by atoms with Gasteiger partial charge in [0.15, 0.2) is 0 Å². The zero-order valence-electron chi connectivity index (χ0n) is 5.08. The molecular formula is C5H11NOS2. The van der Waals surface area contributed by atoms with Gasteiger partial charge in [0.2, 0.25) is 0 Å². The monoisotopic (exact) mass is 165 g/mol. The van der Waals surface area contributed by atoms with Crippen LogP contribution in [0.4, 0.5) is 0 Å². The number of carbonyl (C=O) groups excluding carboxylic acids is 1. The molecule has 0 spiro atoms. The van der Waals surface area contributed by atoms with Gasteiger partial charge in [0.05, 0.1) is 0 Å². The Bertz CT molecular complexity index is 97.0. The minimum Gasteiger partial charge on any atom is -0.329 e. The largest absolute Gasteiger partial charge is 0.329 e. The predicted molar refractivity (Wildman–Crippen MR) is 45.3 cm³/mol. The lowest BCUT2D eigenvalue weighted by molar-refractivity contribution is -0.116. The van der Waals surface area contributed by atoms with Crippen LogP contribution in [0.2, 0.25) is 0 Å². The predicted octanol–water partition coefficient (Wildman–Crippen LogP) is 0.132. The molecule has 9 heavy (non-hydrogen) atoms. The number of thiol groups is 2. The highest BCUT2D eigenvalue weighted by molar-refractivity contribution is 7.81. The Balaban J connectivity index is 3.34. The summed E-state index contributed by atoms with van der Waals surface area (Å²) in [5, 5.41) is 0.00431. The standard InChI is InChI=1S/C5H11NOS2/c6-2-5(9)1-4(7)3-8/h5,8-9H,1-3,6H2/t5-/m0/s1. The summed E-state index contributed by atoms with van der Waals surface area (Å²) >= 11 is 7.85. The number of nitrogens with two attached hydrogens (primary N) is 1. The van der Waals surface area contributed by atoms with E-state index >= 15 is 0 Å². The zero-order valence-corrected chi connectivity index (χ0v) is 6.87. The molecular weight excluding hydrogens is 154 g/mol. The van der Waals surface area contributed by atoms with Crippen molar-refractivity contribution < 1.29 is 4.79 Å². The summed E-state index contributed by atoms with van der Waals surface area (Å²) in [4.78, 5) is 10.6. The van der Waals surface area contributed by atoms with Gasteiger partial charge in [0.1, 0.15) is 5.78 Å². The van der Waals surface area contributed by atoms with E-state index in [1.807, 2.05) is 0 Å². The van der Waals surface area contributed by atoms with E-state index in [0.717, 1.165) is 0 Å². The van der Waals surface area contributed by atoms with E-state index in [1.54, 1.807) is 0 Å². The summed E-state index contributed by atoms with van der Waals surface area (Å²) in [7, 11) is 0. The van der Waals surface area contributed by atoms with Gasteiger partial charge in [-0.05, 0) is 0 Å². The third-order valence-corrected chi connectivity index (χ3v) is 1.66. The minimum absolute atomic E-state index is 0.00431. The zero-order chi connectivity index (χ0) is 7.28. The number of ketones is 1. The minimum atomic E-state index is 0.00431. The number of Topliss-reactive ketones (excluding diaryl/α,β-unsaturated/α-hetero) is 1. The molecule has 0 aromatic rings. The Morgan fingerprint density at radius 1 is 1.67 bits per heavy atom. The maximum absolute atomic E-state index is 10.6. The van der Waals surface area contributed by atoms with Crippen LogP contribution in [0.15, 0.2) is 0 Å². The van der Waals surface area contributed by atoms with Gasteiger partial charge >= 0.3 is 0 Å². The second-order valence-corrected chi connectivity index (χ2v) is 2.84. The Kier molecular flexibility index (Phi) is 5.33. The van der Waals surface area contributed by atoms with Crippen molar-refractivity contribution in [1.82, 2.24) is 0 Å². The van der Waals surface area contributed by atoms with Crippen molar-refractivity contribution in [2.45, 2.75) is 11.7 Å². The molecule has 0 amide bonds. The van der Waals surface area contributed by atoms with Gasteiger partial charge in [0.25, 0.3) is 0 Å². The van der Waals surface area contributed by atoms with Crippen LogP contribution in [-0.2, 0) is 4.79 Å². The van der Waals surface area contributed by atoms with Gasteiger partial charge < -0.3 is 5.73 Å². The molecule has 0 aromatic heterocycles. The van der Waals surface area contributed by atoms with Crippen LogP contribution in [0.5, 0.6) is 0 Å². The molecule has 0 rings (SSSR count). The van der Waals surface area contributed by atoms with Crippen LogP contribution in [-0.4, -0.2) is 23.3 Å². The Labute approximate surface area is 66.0 Å². The van der Waals surface area contributed by atoms with Crippen LogP contribution in [0.25, 0.3) is 0 Å². The fourth-order valence-electron chi connectivity index (χ4n) is 0.411. The molecule has 4 heteroatoms. The highest BCUT2D eigenvalue weighted by Gasteiger charge is 2.04. The lowest BCUT2D eigenvalue weighted by Gasteiger charge is -2.02. The molecule has 0 aromatic carbocycles. The number of carbonyl (C=O) groups is 1. The third-order valence-electron chi connectivity index (χ3n) is 0.912. The van der Waals surface area contributed by atoms with Gasteiger partial charge in [-0.25, -0.2) is 0 Å². The molecule has 0 aliphatic heterocycles. The van der Waals surface area contributed by atoms with Gasteiger partial charge in [-0.3, -0.25) is 4.79 Å². The van der Waals surface area contributed by atoms with Crippen LogP contribution in [0.1, 0.15) is 6.42 Å². The van der Waals surface area contributed by atoms with Crippen molar-refractivity contribution in [1.29, 1.82) is 0 Å². The molecule has 0 radical (unpaired) electrons. The molecule has 54 valence electrons. The summed E-state index contributed by atoms with van der Waals surface area (Å²) in [6.45, 7) is 0.447. The average molecular weight is 165 g/mol. The summed E-state index contributed by atoms with van der Waals surface area (Å²) < 4.78 is 0. The Morgan fingerprint density at radius 2 is 2.22 bits per heavy atom. The smallest absolute Gasteiger partial charge is 0.143 e. The first-order valence-corrected chi connectivity index (χ1v) is 3.86. The van der Waals surface area contributed by atoms with Crippen LogP contribution in [0.3, 0.4) is 0 Å². The summed E-state index contributed by atoms with van der Waals surface area (Å²) in [6.07, 6.45) is 0.434. The topological polar surface area (TPSA) is 43.1 Å². The van der Waals surface area contributed by atoms with Crippen molar-refractivity contribution >= 4 is 31.0 Å². The van der Waals surface area contributed by atoms with E-state index in [-0.39, 0.29) is 16.8 Å². The summed E-state index contributed by atoms with van der Waals surface area (Å²) in [5.74, 6) is 0.389. The van der Waals surface area contributed by atoms with Crippen LogP contribution >= 0.6 is 25.3 Å². The highest BCUT2D eigenvalue weighted by atomic mass is 32.1. The molecule has 0 aliphatic rings. The van der Waals surface area contributed by atoms with Crippen molar-refractivity contribution in [3.8, 4) is 0 Å².